The molecule has 0 atom stereocenters. The molecule has 22 heavy (non-hydrogen) atoms. The Morgan fingerprint density at radius 1 is 1.14 bits per heavy atom. The van der Waals surface area contributed by atoms with Crippen LogP contribution in [0.15, 0.2) is 46.9 Å². The molecule has 2 N–H and O–H groups in total. The molecule has 0 radical (unpaired) electrons. The number of carboxylic acids is 1. The molecule has 0 fully saturated rings. The number of aromatic hydroxyl groups is 1. The molecule has 2 aromatic rings. The number of carbonyl (C=O) groups excluding carboxylic acids is 1. The van der Waals surface area contributed by atoms with Crippen molar-refractivity contribution in [3.63, 3.8) is 0 Å². The average Bonchev–Trinajstić information content (AvgIpc) is 2.46. The second-order valence-corrected chi connectivity index (χ2v) is 5.76. The van der Waals surface area contributed by atoms with Crippen LogP contribution in [-0.4, -0.2) is 22.0 Å². The SMILES string of the molecule is O=C(O)c1cc(Br)cc(C(=O)/C=C/c2cccc(Cl)c2)c1O. The van der Waals surface area contributed by atoms with Gasteiger partial charge in [0.15, 0.2) is 5.78 Å². The number of halogens is 2. The van der Waals surface area contributed by atoms with E-state index in [4.69, 9.17) is 16.7 Å². The molecule has 6 heteroatoms. The van der Waals surface area contributed by atoms with Crippen LogP contribution >= 0.6 is 27.5 Å². The first-order valence-corrected chi connectivity index (χ1v) is 7.29. The van der Waals surface area contributed by atoms with Crippen molar-refractivity contribution in [2.75, 3.05) is 0 Å². The summed E-state index contributed by atoms with van der Waals surface area (Å²) in [5.41, 5.74) is 0.285. The summed E-state index contributed by atoms with van der Waals surface area (Å²) in [4.78, 5) is 23.2. The molecule has 0 spiro atoms. The van der Waals surface area contributed by atoms with Crippen molar-refractivity contribution < 1.29 is 19.8 Å². The molecule has 2 aromatic carbocycles. The monoisotopic (exact) mass is 380 g/mol. The van der Waals surface area contributed by atoms with E-state index < -0.39 is 17.5 Å². The van der Waals surface area contributed by atoms with Crippen LogP contribution in [0.4, 0.5) is 0 Å². The van der Waals surface area contributed by atoms with Gasteiger partial charge in [0.1, 0.15) is 11.3 Å². The summed E-state index contributed by atoms with van der Waals surface area (Å²) < 4.78 is 0.391. The van der Waals surface area contributed by atoms with Crippen LogP contribution < -0.4 is 0 Å². The van der Waals surface area contributed by atoms with E-state index in [0.717, 1.165) is 0 Å². The lowest BCUT2D eigenvalue weighted by molar-refractivity contribution is 0.0693. The fourth-order valence-corrected chi connectivity index (χ4v) is 2.48. The predicted molar refractivity (Wildman–Crippen MR) is 87.6 cm³/mol. The Labute approximate surface area is 139 Å². The summed E-state index contributed by atoms with van der Waals surface area (Å²) in [5.74, 6) is -2.38. The number of benzene rings is 2. The Morgan fingerprint density at radius 3 is 2.45 bits per heavy atom. The van der Waals surface area contributed by atoms with Crippen LogP contribution in [0.3, 0.4) is 0 Å². The molecule has 0 aliphatic rings. The van der Waals surface area contributed by atoms with Crippen LogP contribution in [0.5, 0.6) is 5.75 Å². The summed E-state index contributed by atoms with van der Waals surface area (Å²) >= 11 is 8.97. The van der Waals surface area contributed by atoms with Gasteiger partial charge in [-0.25, -0.2) is 4.79 Å². The minimum Gasteiger partial charge on any atom is -0.506 e. The van der Waals surface area contributed by atoms with Crippen LogP contribution in [-0.2, 0) is 0 Å². The van der Waals surface area contributed by atoms with Crippen molar-refractivity contribution in [2.45, 2.75) is 0 Å². The normalized spacial score (nSPS) is 10.8. The van der Waals surface area contributed by atoms with Crippen molar-refractivity contribution in [3.8, 4) is 5.75 Å². The van der Waals surface area contributed by atoms with E-state index in [9.17, 15) is 14.7 Å². The number of carbonyl (C=O) groups is 2. The average molecular weight is 382 g/mol. The molecule has 0 heterocycles. The van der Waals surface area contributed by atoms with E-state index >= 15 is 0 Å². The Morgan fingerprint density at radius 2 is 1.82 bits per heavy atom. The number of ketones is 1. The highest BCUT2D eigenvalue weighted by Gasteiger charge is 2.18. The number of hydrogen-bond donors (Lipinski definition) is 2. The topological polar surface area (TPSA) is 74.6 Å². The van der Waals surface area contributed by atoms with Gasteiger partial charge in [-0.15, -0.1) is 0 Å². The van der Waals surface area contributed by atoms with Gasteiger partial charge in [-0.05, 0) is 35.9 Å². The lowest BCUT2D eigenvalue weighted by atomic mass is 10.0. The fourth-order valence-electron chi connectivity index (χ4n) is 1.82. The number of hydrogen-bond acceptors (Lipinski definition) is 3. The molecule has 0 saturated heterocycles. The lowest BCUT2D eigenvalue weighted by Crippen LogP contribution is -2.03. The van der Waals surface area contributed by atoms with E-state index in [0.29, 0.717) is 15.1 Å². The Balaban J connectivity index is 2.36. The third-order valence-corrected chi connectivity index (χ3v) is 3.54. The van der Waals surface area contributed by atoms with Gasteiger partial charge in [-0.2, -0.15) is 0 Å². The number of allylic oxidation sites excluding steroid dienone is 1. The van der Waals surface area contributed by atoms with Crippen LogP contribution in [0.25, 0.3) is 6.08 Å². The molecular weight excluding hydrogens is 372 g/mol. The van der Waals surface area contributed by atoms with E-state index in [1.165, 1.54) is 24.3 Å². The molecule has 0 aromatic heterocycles. The number of rotatable bonds is 4. The minimum absolute atomic E-state index is 0.0925. The zero-order valence-electron chi connectivity index (χ0n) is 11.1. The van der Waals surface area contributed by atoms with Gasteiger partial charge < -0.3 is 10.2 Å². The van der Waals surface area contributed by atoms with Gasteiger partial charge in [-0.1, -0.05) is 45.7 Å². The fraction of sp³-hybridized carbons (Fsp3) is 0. The molecule has 2 rings (SSSR count). The third kappa shape index (κ3) is 3.75. The maximum Gasteiger partial charge on any atom is 0.339 e. The van der Waals surface area contributed by atoms with E-state index in [2.05, 4.69) is 15.9 Å². The first-order chi connectivity index (χ1) is 10.4. The zero-order chi connectivity index (χ0) is 16.3. The maximum atomic E-state index is 12.2. The molecule has 0 amide bonds. The van der Waals surface area contributed by atoms with Crippen molar-refractivity contribution in [3.05, 3.63) is 68.7 Å². The molecule has 112 valence electrons. The first kappa shape index (κ1) is 16.3. The van der Waals surface area contributed by atoms with E-state index in [1.54, 1.807) is 24.3 Å². The van der Waals surface area contributed by atoms with Gasteiger partial charge in [-0.3, -0.25) is 4.79 Å². The van der Waals surface area contributed by atoms with Gasteiger partial charge >= 0.3 is 5.97 Å². The maximum absolute atomic E-state index is 12.2. The zero-order valence-corrected chi connectivity index (χ0v) is 13.4. The summed E-state index contributed by atoms with van der Waals surface area (Å²) in [6, 6.07) is 9.49. The van der Waals surface area contributed by atoms with Crippen molar-refractivity contribution >= 4 is 45.4 Å². The van der Waals surface area contributed by atoms with Crippen LogP contribution in [0.2, 0.25) is 5.02 Å². The Kier molecular flexibility index (Phi) is 5.00. The minimum atomic E-state index is -1.31. The molecule has 0 bridgehead atoms. The molecule has 4 nitrogen and oxygen atoms in total. The molecule has 0 saturated carbocycles. The number of carboxylic acid groups (broad SMARTS) is 1. The predicted octanol–water partition coefficient (Wildman–Crippen LogP) is 4.40. The number of aromatic carboxylic acids is 1. The quantitative estimate of drug-likeness (QED) is 0.608. The highest BCUT2D eigenvalue weighted by molar-refractivity contribution is 9.10. The summed E-state index contributed by atoms with van der Waals surface area (Å²) in [5, 5.41) is 19.5. The van der Waals surface area contributed by atoms with Gasteiger partial charge in [0, 0.05) is 9.50 Å². The smallest absolute Gasteiger partial charge is 0.339 e. The second kappa shape index (κ2) is 6.77. The van der Waals surface area contributed by atoms with Crippen molar-refractivity contribution in [2.24, 2.45) is 0 Å². The van der Waals surface area contributed by atoms with Gasteiger partial charge in [0.25, 0.3) is 0 Å². The van der Waals surface area contributed by atoms with Crippen molar-refractivity contribution in [1.82, 2.24) is 0 Å². The number of phenols is 1. The van der Waals surface area contributed by atoms with Gasteiger partial charge in [0.2, 0.25) is 0 Å². The molecular formula is C16H10BrClO4. The summed E-state index contributed by atoms with van der Waals surface area (Å²) in [7, 11) is 0. The Hall–Kier alpha value is -2.11. The lowest BCUT2D eigenvalue weighted by Gasteiger charge is -2.05. The van der Waals surface area contributed by atoms with Crippen LogP contribution in [0, 0.1) is 0 Å². The van der Waals surface area contributed by atoms with Crippen molar-refractivity contribution in [1.29, 1.82) is 0 Å². The first-order valence-electron chi connectivity index (χ1n) is 6.12. The molecule has 0 unspecified atom stereocenters. The third-order valence-electron chi connectivity index (χ3n) is 2.85. The standard InChI is InChI=1S/C16H10BrClO4/c17-10-7-12(15(20)13(8-10)16(21)22)14(19)5-4-9-2-1-3-11(18)6-9/h1-8,20H,(H,21,22)/b5-4+. The van der Waals surface area contributed by atoms with Crippen LogP contribution in [0.1, 0.15) is 26.3 Å². The molecule has 0 aliphatic carbocycles. The largest absolute Gasteiger partial charge is 0.506 e. The second-order valence-electron chi connectivity index (χ2n) is 4.41. The Bertz CT molecular complexity index is 784. The summed E-state index contributed by atoms with van der Waals surface area (Å²) in [6.45, 7) is 0. The van der Waals surface area contributed by atoms with E-state index in [-0.39, 0.29) is 11.1 Å². The van der Waals surface area contributed by atoms with E-state index in [1.807, 2.05) is 0 Å². The highest BCUT2D eigenvalue weighted by atomic mass is 79.9. The summed E-state index contributed by atoms with van der Waals surface area (Å²) in [6.07, 6.45) is 2.79. The van der Waals surface area contributed by atoms with Gasteiger partial charge in [0.05, 0.1) is 5.56 Å². The highest BCUT2D eigenvalue weighted by Crippen LogP contribution is 2.28. The molecule has 0 aliphatic heterocycles.